The van der Waals surface area contributed by atoms with E-state index < -0.39 is 0 Å². The van der Waals surface area contributed by atoms with Crippen LogP contribution >= 0.6 is 0 Å². The van der Waals surface area contributed by atoms with Crippen LogP contribution in [0, 0.1) is 5.41 Å². The maximum atomic E-state index is 2.53. The van der Waals surface area contributed by atoms with Gasteiger partial charge < -0.3 is 9.13 Å². The Morgan fingerprint density at radius 1 is 0.362 bits per heavy atom. The minimum absolute atomic E-state index is 0.0364. The molecule has 0 saturated heterocycles. The number of hydrogen-bond acceptors (Lipinski definition) is 0. The zero-order valence-electron chi connectivity index (χ0n) is 28.1. The molecular formula is C45H40N2. The molecule has 0 unspecified atom stereocenters. The first-order valence-electron chi connectivity index (χ1n) is 16.9. The molecule has 0 atom stereocenters. The van der Waals surface area contributed by atoms with E-state index in [9.17, 15) is 0 Å². The van der Waals surface area contributed by atoms with E-state index in [-0.39, 0.29) is 16.2 Å². The fraction of sp³-hybridized carbons (Fsp3) is 0.200. The van der Waals surface area contributed by atoms with Crippen LogP contribution in [0.4, 0.5) is 0 Å². The highest BCUT2D eigenvalue weighted by atomic mass is 15.0. The normalized spacial score (nSPS) is 16.4. The maximum absolute atomic E-state index is 2.53. The third-order valence-corrected chi connectivity index (χ3v) is 12.4. The van der Waals surface area contributed by atoms with E-state index in [2.05, 4.69) is 184 Å². The summed E-state index contributed by atoms with van der Waals surface area (Å²) in [4.78, 5) is 0. The van der Waals surface area contributed by atoms with Gasteiger partial charge in [-0.25, -0.2) is 0 Å². The van der Waals surface area contributed by atoms with Crippen molar-refractivity contribution in [2.45, 2.75) is 52.4 Å². The van der Waals surface area contributed by atoms with Crippen molar-refractivity contribution in [3.8, 4) is 22.5 Å². The molecule has 0 bridgehead atoms. The number of hydrogen-bond donors (Lipinski definition) is 0. The zero-order chi connectivity index (χ0) is 32.3. The topological polar surface area (TPSA) is 9.86 Å². The van der Waals surface area contributed by atoms with Crippen molar-refractivity contribution in [3.05, 3.63) is 145 Å². The van der Waals surface area contributed by atoms with Gasteiger partial charge in [-0.3, -0.25) is 0 Å². The lowest BCUT2D eigenvalue weighted by molar-refractivity contribution is 0.125. The predicted molar refractivity (Wildman–Crippen MR) is 200 cm³/mol. The number of fused-ring (bicyclic) bond motifs is 7. The van der Waals surface area contributed by atoms with Gasteiger partial charge in [-0.05, 0) is 99.2 Å². The SMILES string of the molecule is CC1(C)c2cc3c4cc(-c5ccc6c7ccccc7n(-c7ccccc7)c6c5)ccc4n(-c4ccccc4)c3cc2C(C)(C)C1(C)C. The molecule has 2 heterocycles. The quantitative estimate of drug-likeness (QED) is 0.189. The standard InChI is InChI=1S/C45H40N2/c1-43(2)37-27-36-35-25-29(30-21-23-34-33-19-13-14-20-39(33)46(41(34)26-30)31-15-9-7-10-16-31)22-24-40(35)47(32-17-11-8-12-18-32)42(36)28-38(37)44(3,4)45(43,5)6/h7-28H,1-6H3. The molecule has 1 aliphatic rings. The lowest BCUT2D eigenvalue weighted by atomic mass is 9.59. The molecule has 0 N–H and O–H groups in total. The summed E-state index contributed by atoms with van der Waals surface area (Å²) >= 11 is 0. The zero-order valence-corrected chi connectivity index (χ0v) is 28.1. The summed E-state index contributed by atoms with van der Waals surface area (Å²) < 4.78 is 4.88. The summed E-state index contributed by atoms with van der Waals surface area (Å²) in [5.41, 5.74) is 12.9. The van der Waals surface area contributed by atoms with E-state index in [4.69, 9.17) is 0 Å². The van der Waals surface area contributed by atoms with Gasteiger partial charge in [0.15, 0.2) is 0 Å². The van der Waals surface area contributed by atoms with Crippen LogP contribution in [0.1, 0.15) is 52.7 Å². The molecule has 2 aromatic heterocycles. The third kappa shape index (κ3) is 3.67. The molecule has 6 aromatic carbocycles. The first-order chi connectivity index (χ1) is 22.6. The molecule has 2 heteroatoms. The van der Waals surface area contributed by atoms with Gasteiger partial charge in [-0.15, -0.1) is 0 Å². The first kappa shape index (κ1) is 28.2. The molecule has 0 radical (unpaired) electrons. The number of benzene rings is 6. The summed E-state index contributed by atoms with van der Waals surface area (Å²) in [7, 11) is 0. The van der Waals surface area contributed by atoms with E-state index in [1.807, 2.05) is 0 Å². The summed E-state index contributed by atoms with van der Waals surface area (Å²) in [5, 5.41) is 5.18. The van der Waals surface area contributed by atoms with Crippen LogP contribution in [0.5, 0.6) is 0 Å². The predicted octanol–water partition coefficient (Wildman–Crippen LogP) is 12.1. The molecule has 0 saturated carbocycles. The lowest BCUT2D eigenvalue weighted by Gasteiger charge is -2.44. The molecule has 0 fully saturated rings. The van der Waals surface area contributed by atoms with Gasteiger partial charge in [0, 0.05) is 32.9 Å². The highest BCUT2D eigenvalue weighted by Gasteiger charge is 2.57. The largest absolute Gasteiger partial charge is 0.309 e. The fourth-order valence-corrected chi connectivity index (χ4v) is 8.59. The number of para-hydroxylation sites is 3. The maximum Gasteiger partial charge on any atom is 0.0547 e. The second-order valence-electron chi connectivity index (χ2n) is 15.1. The van der Waals surface area contributed by atoms with Gasteiger partial charge >= 0.3 is 0 Å². The van der Waals surface area contributed by atoms with Crippen molar-refractivity contribution in [2.24, 2.45) is 5.41 Å². The van der Waals surface area contributed by atoms with Crippen LogP contribution in [-0.2, 0) is 10.8 Å². The second kappa shape index (κ2) is 9.48. The highest BCUT2D eigenvalue weighted by molar-refractivity contribution is 6.13. The van der Waals surface area contributed by atoms with E-state index in [1.165, 1.54) is 77.2 Å². The molecule has 2 nitrogen and oxygen atoms in total. The van der Waals surface area contributed by atoms with Crippen LogP contribution < -0.4 is 0 Å². The molecular weight excluding hydrogens is 569 g/mol. The Balaban J connectivity index is 1.32. The van der Waals surface area contributed by atoms with Crippen molar-refractivity contribution >= 4 is 43.6 Å². The molecule has 0 spiro atoms. The Morgan fingerprint density at radius 2 is 0.830 bits per heavy atom. The van der Waals surface area contributed by atoms with Gasteiger partial charge in [-0.2, -0.15) is 0 Å². The van der Waals surface area contributed by atoms with Crippen LogP contribution in [0.3, 0.4) is 0 Å². The molecule has 47 heavy (non-hydrogen) atoms. The summed E-state index contributed by atoms with van der Waals surface area (Å²) in [6.07, 6.45) is 0. The van der Waals surface area contributed by atoms with Gasteiger partial charge in [0.2, 0.25) is 0 Å². The number of nitrogens with zero attached hydrogens (tertiary/aromatic N) is 2. The summed E-state index contributed by atoms with van der Waals surface area (Å²) in [6.45, 7) is 14.6. The van der Waals surface area contributed by atoms with Crippen molar-refractivity contribution in [2.75, 3.05) is 0 Å². The van der Waals surface area contributed by atoms with Crippen LogP contribution in [-0.4, -0.2) is 9.13 Å². The Kier molecular flexibility index (Phi) is 5.68. The minimum atomic E-state index is 0.0364. The van der Waals surface area contributed by atoms with Gasteiger partial charge in [0.05, 0.1) is 22.1 Å². The van der Waals surface area contributed by atoms with Gasteiger partial charge in [0.25, 0.3) is 0 Å². The molecule has 1 aliphatic carbocycles. The monoisotopic (exact) mass is 608 g/mol. The summed E-state index contributed by atoms with van der Waals surface area (Å²) in [5.74, 6) is 0. The van der Waals surface area contributed by atoms with E-state index in [0.717, 1.165) is 0 Å². The molecule has 0 aliphatic heterocycles. The highest BCUT2D eigenvalue weighted by Crippen LogP contribution is 2.62. The van der Waals surface area contributed by atoms with Crippen LogP contribution in [0.2, 0.25) is 0 Å². The van der Waals surface area contributed by atoms with E-state index >= 15 is 0 Å². The second-order valence-corrected chi connectivity index (χ2v) is 15.1. The average Bonchev–Trinajstić information content (AvgIpc) is 3.62. The van der Waals surface area contributed by atoms with Gasteiger partial charge in [-0.1, -0.05) is 114 Å². The first-order valence-corrected chi connectivity index (χ1v) is 16.9. The molecule has 9 rings (SSSR count). The minimum Gasteiger partial charge on any atom is -0.309 e. The van der Waals surface area contributed by atoms with E-state index in [0.29, 0.717) is 0 Å². The smallest absolute Gasteiger partial charge is 0.0547 e. The van der Waals surface area contributed by atoms with Crippen LogP contribution in [0.25, 0.3) is 66.1 Å². The Hall–Kier alpha value is -5.08. The Bertz CT molecular complexity index is 2520. The average molecular weight is 609 g/mol. The molecule has 0 amide bonds. The van der Waals surface area contributed by atoms with Crippen molar-refractivity contribution in [3.63, 3.8) is 0 Å². The van der Waals surface area contributed by atoms with Crippen molar-refractivity contribution < 1.29 is 0 Å². The lowest BCUT2D eigenvalue weighted by Crippen LogP contribution is -2.42. The van der Waals surface area contributed by atoms with Gasteiger partial charge in [0.1, 0.15) is 0 Å². The number of rotatable bonds is 3. The fourth-order valence-electron chi connectivity index (χ4n) is 8.59. The van der Waals surface area contributed by atoms with E-state index in [1.54, 1.807) is 0 Å². The Morgan fingerprint density at radius 3 is 1.49 bits per heavy atom. The van der Waals surface area contributed by atoms with Crippen molar-refractivity contribution in [1.82, 2.24) is 9.13 Å². The third-order valence-electron chi connectivity index (χ3n) is 12.4. The molecule has 8 aromatic rings. The number of aromatic nitrogens is 2. The Labute approximate surface area is 276 Å². The van der Waals surface area contributed by atoms with Crippen LogP contribution in [0.15, 0.2) is 133 Å². The van der Waals surface area contributed by atoms with Crippen molar-refractivity contribution in [1.29, 1.82) is 0 Å². The molecule has 230 valence electrons. The summed E-state index contributed by atoms with van der Waals surface area (Å²) in [6, 6.07) is 49.4.